The summed E-state index contributed by atoms with van der Waals surface area (Å²) in [5.41, 5.74) is 6.58. The zero-order valence-electron chi connectivity index (χ0n) is 8.41. The highest BCUT2D eigenvalue weighted by atomic mass is 16.5. The lowest BCUT2D eigenvalue weighted by Gasteiger charge is -1.93. The van der Waals surface area contributed by atoms with Crippen LogP contribution in [-0.2, 0) is 6.42 Å². The molecular weight excluding hydrogens is 174 g/mol. The third-order valence-corrected chi connectivity index (χ3v) is 2.63. The Kier molecular flexibility index (Phi) is 3.04. The van der Waals surface area contributed by atoms with Crippen LogP contribution in [-0.4, -0.2) is 13.2 Å². The molecule has 0 aromatic heterocycles. The third-order valence-electron chi connectivity index (χ3n) is 2.63. The molecule has 1 aliphatic carbocycles. The molecule has 0 bridgehead atoms. The Hall–Kier alpha value is -1.02. The van der Waals surface area contributed by atoms with Crippen molar-refractivity contribution in [3.8, 4) is 5.75 Å². The summed E-state index contributed by atoms with van der Waals surface area (Å²) in [4.78, 5) is 0. The highest BCUT2D eigenvalue weighted by Gasteiger charge is 2.17. The minimum absolute atomic E-state index is 0.860. The van der Waals surface area contributed by atoms with E-state index in [9.17, 15) is 0 Å². The average Bonchev–Trinajstić information content (AvgIpc) is 2.96. The quantitative estimate of drug-likeness (QED) is 0.736. The summed E-state index contributed by atoms with van der Waals surface area (Å²) in [5.74, 6) is 1.98. The van der Waals surface area contributed by atoms with Crippen LogP contribution in [0, 0.1) is 5.92 Å². The largest absolute Gasteiger partial charge is 0.493 e. The molecule has 3 rings (SSSR count). The molecule has 0 amide bonds. The Bertz CT molecular complexity index is 271. The Morgan fingerprint density at radius 2 is 2.07 bits per heavy atom. The number of hydrogen-bond donors (Lipinski definition) is 1. The number of hydrogen-bond acceptors (Lipinski definition) is 2. The van der Waals surface area contributed by atoms with Gasteiger partial charge in [0.15, 0.2) is 0 Å². The third kappa shape index (κ3) is 2.48. The van der Waals surface area contributed by atoms with E-state index in [-0.39, 0.29) is 0 Å². The summed E-state index contributed by atoms with van der Waals surface area (Å²) in [6.07, 6.45) is 3.85. The Morgan fingerprint density at radius 1 is 1.29 bits per heavy atom. The van der Waals surface area contributed by atoms with Crippen LogP contribution in [0.5, 0.6) is 5.75 Å². The summed E-state index contributed by atoms with van der Waals surface area (Å²) in [6.45, 7) is 1.78. The second kappa shape index (κ2) is 4.47. The van der Waals surface area contributed by atoms with Crippen LogP contribution >= 0.6 is 0 Å². The van der Waals surface area contributed by atoms with Gasteiger partial charge in [0.25, 0.3) is 0 Å². The van der Waals surface area contributed by atoms with Crippen molar-refractivity contribution < 1.29 is 4.74 Å². The second-order valence-corrected chi connectivity index (χ2v) is 3.89. The molecule has 0 radical (unpaired) electrons. The lowest BCUT2D eigenvalue weighted by Crippen LogP contribution is -1.98. The van der Waals surface area contributed by atoms with E-state index in [0.717, 1.165) is 31.2 Å². The van der Waals surface area contributed by atoms with Gasteiger partial charge in [-0.25, -0.2) is 0 Å². The Balaban J connectivity index is 0.000000128. The number of para-hydroxylation sites is 1. The lowest BCUT2D eigenvalue weighted by atomic mass is 10.2. The maximum absolute atomic E-state index is 5.30. The van der Waals surface area contributed by atoms with Gasteiger partial charge in [-0.05, 0) is 36.9 Å². The predicted octanol–water partition coefficient (Wildman–Crippen LogP) is 1.98. The highest BCUT2D eigenvalue weighted by molar-refractivity contribution is 5.35. The second-order valence-electron chi connectivity index (χ2n) is 3.89. The fraction of sp³-hybridized carbons (Fsp3) is 0.500. The number of benzene rings is 1. The normalized spacial score (nSPS) is 17.8. The van der Waals surface area contributed by atoms with Crippen molar-refractivity contribution >= 4 is 0 Å². The number of fused-ring (bicyclic) bond motifs is 1. The summed E-state index contributed by atoms with van der Waals surface area (Å²) in [5, 5.41) is 0. The Morgan fingerprint density at radius 3 is 2.64 bits per heavy atom. The van der Waals surface area contributed by atoms with Gasteiger partial charge in [-0.1, -0.05) is 18.2 Å². The lowest BCUT2D eigenvalue weighted by molar-refractivity contribution is 0.357. The molecule has 0 unspecified atom stereocenters. The van der Waals surface area contributed by atoms with Gasteiger partial charge in [-0.3, -0.25) is 0 Å². The van der Waals surface area contributed by atoms with E-state index in [4.69, 9.17) is 10.5 Å². The maximum atomic E-state index is 5.30. The molecule has 2 nitrogen and oxygen atoms in total. The minimum Gasteiger partial charge on any atom is -0.493 e. The zero-order chi connectivity index (χ0) is 9.80. The van der Waals surface area contributed by atoms with Crippen LogP contribution in [0.15, 0.2) is 24.3 Å². The van der Waals surface area contributed by atoms with Gasteiger partial charge in [0.05, 0.1) is 6.61 Å². The molecule has 76 valence electrons. The van der Waals surface area contributed by atoms with Crippen molar-refractivity contribution in [1.82, 2.24) is 0 Å². The minimum atomic E-state index is 0.860. The van der Waals surface area contributed by atoms with Crippen molar-refractivity contribution in [3.05, 3.63) is 29.8 Å². The van der Waals surface area contributed by atoms with Gasteiger partial charge in [-0.15, -0.1) is 0 Å². The molecule has 2 N–H and O–H groups in total. The van der Waals surface area contributed by atoms with Crippen LogP contribution in [0.1, 0.15) is 18.4 Å². The van der Waals surface area contributed by atoms with Gasteiger partial charge in [-0.2, -0.15) is 0 Å². The van der Waals surface area contributed by atoms with Crippen LogP contribution in [0.4, 0.5) is 0 Å². The molecule has 1 saturated carbocycles. The molecule has 2 aliphatic rings. The first kappa shape index (κ1) is 9.53. The molecule has 2 heteroatoms. The summed E-state index contributed by atoms with van der Waals surface area (Å²) < 4.78 is 5.30. The zero-order valence-corrected chi connectivity index (χ0v) is 8.41. The predicted molar refractivity (Wildman–Crippen MR) is 57.4 cm³/mol. The highest BCUT2D eigenvalue weighted by Crippen LogP contribution is 2.26. The summed E-state index contributed by atoms with van der Waals surface area (Å²) >= 11 is 0. The molecule has 1 heterocycles. The van der Waals surface area contributed by atoms with Crippen molar-refractivity contribution in [1.29, 1.82) is 0 Å². The monoisotopic (exact) mass is 191 g/mol. The molecule has 1 aliphatic heterocycles. The fourth-order valence-corrected chi connectivity index (χ4v) is 1.48. The number of nitrogens with two attached hydrogens (primary N) is 1. The molecule has 0 spiro atoms. The maximum Gasteiger partial charge on any atom is 0.122 e. The van der Waals surface area contributed by atoms with Gasteiger partial charge >= 0.3 is 0 Å². The first-order valence-electron chi connectivity index (χ1n) is 5.31. The average molecular weight is 191 g/mol. The van der Waals surface area contributed by atoms with Crippen molar-refractivity contribution in [2.45, 2.75) is 19.3 Å². The fourth-order valence-electron chi connectivity index (χ4n) is 1.48. The van der Waals surface area contributed by atoms with Gasteiger partial charge in [0.2, 0.25) is 0 Å². The van der Waals surface area contributed by atoms with Crippen LogP contribution in [0.25, 0.3) is 0 Å². The molecule has 0 atom stereocenters. The molecule has 14 heavy (non-hydrogen) atoms. The van der Waals surface area contributed by atoms with E-state index in [1.54, 1.807) is 0 Å². The van der Waals surface area contributed by atoms with E-state index in [1.807, 2.05) is 18.2 Å². The first-order valence-corrected chi connectivity index (χ1v) is 5.31. The standard InChI is InChI=1S/C8H8O.C4H9N/c1-2-4-8-7(3-1)5-6-9-8;5-3-4-1-2-4/h1-4H,5-6H2;4H,1-3,5H2. The van der Waals surface area contributed by atoms with E-state index >= 15 is 0 Å². The summed E-state index contributed by atoms with van der Waals surface area (Å²) in [7, 11) is 0. The van der Waals surface area contributed by atoms with Crippen LogP contribution in [0.3, 0.4) is 0 Å². The van der Waals surface area contributed by atoms with E-state index < -0.39 is 0 Å². The smallest absolute Gasteiger partial charge is 0.122 e. The van der Waals surface area contributed by atoms with Gasteiger partial charge in [0, 0.05) is 6.42 Å². The SMILES string of the molecule is NCC1CC1.c1ccc2c(c1)CCO2. The van der Waals surface area contributed by atoms with Crippen molar-refractivity contribution in [2.24, 2.45) is 11.7 Å². The number of rotatable bonds is 1. The van der Waals surface area contributed by atoms with Crippen molar-refractivity contribution in [2.75, 3.05) is 13.2 Å². The topological polar surface area (TPSA) is 35.2 Å². The van der Waals surface area contributed by atoms with Crippen LogP contribution < -0.4 is 10.5 Å². The van der Waals surface area contributed by atoms with Gasteiger partial charge in [0.1, 0.15) is 5.75 Å². The van der Waals surface area contributed by atoms with E-state index in [1.165, 1.54) is 18.4 Å². The van der Waals surface area contributed by atoms with E-state index in [0.29, 0.717) is 0 Å². The Labute approximate surface area is 85.1 Å². The first-order chi connectivity index (χ1) is 6.90. The van der Waals surface area contributed by atoms with Crippen molar-refractivity contribution in [3.63, 3.8) is 0 Å². The van der Waals surface area contributed by atoms with E-state index in [2.05, 4.69) is 6.07 Å². The molecule has 1 aromatic rings. The molecule has 1 fully saturated rings. The van der Waals surface area contributed by atoms with Crippen LogP contribution in [0.2, 0.25) is 0 Å². The van der Waals surface area contributed by atoms with Gasteiger partial charge < -0.3 is 10.5 Å². The number of ether oxygens (including phenoxy) is 1. The molecule has 1 aromatic carbocycles. The molecule has 0 saturated heterocycles. The molecular formula is C12H17NO. The summed E-state index contributed by atoms with van der Waals surface area (Å²) in [6, 6.07) is 8.18.